The van der Waals surface area contributed by atoms with E-state index in [0.29, 0.717) is 0 Å². The highest BCUT2D eigenvalue weighted by Gasteiger charge is 2.47. The molecular formula is C58H48BN3S. The van der Waals surface area contributed by atoms with Crippen molar-refractivity contribution < 1.29 is 0 Å². The number of aryl methyl sites for hydroxylation is 2. The number of benzene rings is 8. The standard InChI is InChI=1S/C58H48BN3S/c1-35-21-23-41(24-22-35)62-50-32-42(60(39-17-9-7-10-18-39)40-19-11-8-12-20-40)25-26-43(50)44-29-36(2)52-45-30-37-15-13-14-16-38(37)31-49(45)61-54-46-33-47-48(58(5,6)28-27-57(47,3)4)34-51(46)63-56(54)59(62)53(44)55(52)61/h7-26,29-34H,27-28H2,1-6H3. The third-order valence-electron chi connectivity index (χ3n) is 14.9. The average molecular weight is 830 g/mol. The van der Waals surface area contributed by atoms with Crippen LogP contribution in [-0.2, 0) is 10.8 Å². The number of nitrogens with zero attached hydrogens (tertiary/aromatic N) is 3. The van der Waals surface area contributed by atoms with Gasteiger partial charge in [-0.1, -0.05) is 118 Å². The summed E-state index contributed by atoms with van der Waals surface area (Å²) in [5.74, 6) is 0. The number of anilines is 5. The van der Waals surface area contributed by atoms with Crippen LogP contribution >= 0.6 is 11.3 Å². The van der Waals surface area contributed by atoms with E-state index < -0.39 is 0 Å². The fourth-order valence-electron chi connectivity index (χ4n) is 11.6. The third-order valence-corrected chi connectivity index (χ3v) is 16.1. The van der Waals surface area contributed by atoms with Crippen LogP contribution in [0, 0.1) is 13.8 Å². The average Bonchev–Trinajstić information content (AvgIpc) is 3.83. The third kappa shape index (κ3) is 5.20. The molecular weight excluding hydrogens is 782 g/mol. The van der Waals surface area contributed by atoms with E-state index in [4.69, 9.17) is 0 Å². The first-order valence-electron chi connectivity index (χ1n) is 22.6. The number of fused-ring (bicyclic) bond motifs is 12. The first-order valence-corrected chi connectivity index (χ1v) is 23.4. The summed E-state index contributed by atoms with van der Waals surface area (Å²) in [6.07, 6.45) is 2.38. The van der Waals surface area contributed by atoms with Gasteiger partial charge in [0.25, 0.3) is 0 Å². The minimum atomic E-state index is -0.0490. The molecule has 0 radical (unpaired) electrons. The molecule has 13 rings (SSSR count). The van der Waals surface area contributed by atoms with Crippen molar-refractivity contribution >= 4 is 99.5 Å². The van der Waals surface area contributed by atoms with Gasteiger partial charge in [-0.25, -0.2) is 0 Å². The smallest absolute Gasteiger partial charge is 0.343 e. The van der Waals surface area contributed by atoms with Crippen LogP contribution in [0.25, 0.3) is 59.5 Å². The summed E-state index contributed by atoms with van der Waals surface area (Å²) in [7, 11) is 0. The molecule has 3 nitrogen and oxygen atoms in total. The van der Waals surface area contributed by atoms with Crippen molar-refractivity contribution in [3.63, 3.8) is 0 Å². The molecule has 0 N–H and O–H groups in total. The van der Waals surface area contributed by atoms with Gasteiger partial charge < -0.3 is 14.3 Å². The van der Waals surface area contributed by atoms with Crippen LogP contribution < -0.4 is 20.0 Å². The lowest BCUT2D eigenvalue weighted by Gasteiger charge is -2.42. The Labute approximate surface area is 374 Å². The largest absolute Gasteiger partial charge is 0.376 e. The van der Waals surface area contributed by atoms with Gasteiger partial charge in [0.2, 0.25) is 0 Å². The van der Waals surface area contributed by atoms with E-state index in [1.807, 2.05) is 11.3 Å². The zero-order chi connectivity index (χ0) is 42.5. The van der Waals surface area contributed by atoms with Crippen LogP contribution in [0.15, 0.2) is 158 Å². The zero-order valence-corrected chi connectivity index (χ0v) is 37.6. The summed E-state index contributed by atoms with van der Waals surface area (Å²) >= 11 is 2.02. The first-order chi connectivity index (χ1) is 30.6. The van der Waals surface area contributed by atoms with Crippen LogP contribution in [-0.4, -0.2) is 11.4 Å². The maximum atomic E-state index is 2.71. The highest BCUT2D eigenvalue weighted by atomic mass is 32.1. The molecule has 304 valence electrons. The molecule has 0 amide bonds. The maximum Gasteiger partial charge on any atom is 0.343 e. The quantitative estimate of drug-likeness (QED) is 0.164. The topological polar surface area (TPSA) is 11.4 Å². The molecule has 0 saturated heterocycles. The van der Waals surface area contributed by atoms with Crippen molar-refractivity contribution in [2.75, 3.05) is 9.71 Å². The Morgan fingerprint density at radius 3 is 1.90 bits per heavy atom. The van der Waals surface area contributed by atoms with Gasteiger partial charge in [0, 0.05) is 59.6 Å². The number of para-hydroxylation sites is 2. The Morgan fingerprint density at radius 2 is 1.22 bits per heavy atom. The van der Waals surface area contributed by atoms with Crippen LogP contribution in [0.3, 0.4) is 0 Å². The number of thiophene rings is 1. The van der Waals surface area contributed by atoms with E-state index in [9.17, 15) is 0 Å². The van der Waals surface area contributed by atoms with Gasteiger partial charge in [-0.2, -0.15) is 0 Å². The van der Waals surface area contributed by atoms with Crippen LogP contribution in [0.2, 0.25) is 0 Å². The van der Waals surface area contributed by atoms with Crippen LogP contribution in [0.4, 0.5) is 28.4 Å². The normalized spacial score (nSPS) is 15.5. The summed E-state index contributed by atoms with van der Waals surface area (Å²) in [5, 5.41) is 6.64. The predicted octanol–water partition coefficient (Wildman–Crippen LogP) is 14.8. The molecule has 0 bridgehead atoms. The molecule has 5 heteroatoms. The lowest BCUT2D eigenvalue weighted by Crippen LogP contribution is -2.59. The lowest BCUT2D eigenvalue weighted by molar-refractivity contribution is 0.332. The predicted molar refractivity (Wildman–Crippen MR) is 272 cm³/mol. The molecule has 0 spiro atoms. The van der Waals surface area contributed by atoms with Crippen molar-refractivity contribution in [1.82, 2.24) is 4.57 Å². The second-order valence-corrected chi connectivity index (χ2v) is 20.8. The molecule has 8 aromatic carbocycles. The Morgan fingerprint density at radius 1 is 0.587 bits per heavy atom. The van der Waals surface area contributed by atoms with Gasteiger partial charge in [0.15, 0.2) is 0 Å². The molecule has 3 aliphatic rings. The summed E-state index contributed by atoms with van der Waals surface area (Å²) in [6.45, 7) is 14.4. The highest BCUT2D eigenvalue weighted by molar-refractivity contribution is 7.32. The van der Waals surface area contributed by atoms with Gasteiger partial charge >= 0.3 is 6.85 Å². The van der Waals surface area contributed by atoms with Crippen LogP contribution in [0.1, 0.15) is 62.8 Å². The molecule has 0 saturated carbocycles. The molecule has 1 aliphatic carbocycles. The Hall–Kier alpha value is -6.56. The molecule has 2 aromatic heterocycles. The first kappa shape index (κ1) is 37.0. The number of hydrogen-bond acceptors (Lipinski definition) is 3. The molecule has 0 atom stereocenters. The fraction of sp³-hybridized carbons (Fsp3) is 0.172. The fourth-order valence-corrected chi connectivity index (χ4v) is 12.9. The van der Waals surface area contributed by atoms with Gasteiger partial charge in [-0.15, -0.1) is 11.3 Å². The van der Waals surface area contributed by atoms with Gasteiger partial charge in [0.05, 0.1) is 16.7 Å². The van der Waals surface area contributed by atoms with E-state index in [1.165, 1.54) is 116 Å². The van der Waals surface area contributed by atoms with Gasteiger partial charge in [-0.05, 0) is 149 Å². The monoisotopic (exact) mass is 829 g/mol. The van der Waals surface area contributed by atoms with Crippen LogP contribution in [0.5, 0.6) is 0 Å². The molecule has 4 heterocycles. The summed E-state index contributed by atoms with van der Waals surface area (Å²) in [5.41, 5.74) is 19.6. The van der Waals surface area contributed by atoms with Crippen molar-refractivity contribution in [2.24, 2.45) is 0 Å². The van der Waals surface area contributed by atoms with Crippen molar-refractivity contribution in [3.8, 4) is 16.8 Å². The molecule has 0 unspecified atom stereocenters. The number of hydrogen-bond donors (Lipinski definition) is 0. The van der Waals surface area contributed by atoms with E-state index in [2.05, 4.69) is 214 Å². The lowest BCUT2D eigenvalue weighted by atomic mass is 9.47. The Balaban J connectivity index is 1.19. The molecule has 2 aliphatic heterocycles. The summed E-state index contributed by atoms with van der Waals surface area (Å²) in [6, 6.07) is 59.7. The van der Waals surface area contributed by atoms with E-state index in [0.717, 1.165) is 17.1 Å². The Kier molecular flexibility index (Phi) is 7.64. The minimum absolute atomic E-state index is 0.0490. The van der Waals surface area contributed by atoms with Crippen molar-refractivity contribution in [1.29, 1.82) is 0 Å². The Bertz CT molecular complexity index is 3500. The van der Waals surface area contributed by atoms with E-state index in [1.54, 1.807) is 0 Å². The minimum Gasteiger partial charge on any atom is -0.376 e. The maximum absolute atomic E-state index is 2.71. The summed E-state index contributed by atoms with van der Waals surface area (Å²) in [4.78, 5) is 5.10. The zero-order valence-electron chi connectivity index (χ0n) is 36.8. The van der Waals surface area contributed by atoms with Gasteiger partial charge in [-0.3, -0.25) is 0 Å². The van der Waals surface area contributed by atoms with E-state index >= 15 is 0 Å². The SMILES string of the molecule is Cc1ccc(N2B3c4sc5cc6c(cc5c4-n4c5cc7ccccc7cc5c5c(C)cc(c3c54)-c3ccc(N(c4ccccc4)c4ccccc4)cc32)C(C)(C)CCC6(C)C)cc1. The summed E-state index contributed by atoms with van der Waals surface area (Å²) < 4.78 is 5.50. The number of aromatic nitrogens is 1. The number of rotatable bonds is 4. The van der Waals surface area contributed by atoms with E-state index in [-0.39, 0.29) is 17.7 Å². The molecule has 0 fully saturated rings. The van der Waals surface area contributed by atoms with Crippen molar-refractivity contribution in [3.05, 3.63) is 180 Å². The molecule has 63 heavy (non-hydrogen) atoms. The second kappa shape index (κ2) is 13.0. The van der Waals surface area contributed by atoms with Crippen molar-refractivity contribution in [2.45, 2.75) is 65.2 Å². The second-order valence-electron chi connectivity index (χ2n) is 19.7. The molecule has 10 aromatic rings. The van der Waals surface area contributed by atoms with Gasteiger partial charge in [0.1, 0.15) is 0 Å². The highest BCUT2D eigenvalue weighted by Crippen LogP contribution is 2.53.